The van der Waals surface area contributed by atoms with Crippen molar-refractivity contribution in [1.82, 2.24) is 4.57 Å². The molecule has 0 aliphatic carbocycles. The molecule has 9 heteroatoms. The molecule has 0 spiro atoms. The van der Waals surface area contributed by atoms with Crippen LogP contribution in [-0.2, 0) is 32.7 Å². The molecule has 0 fully saturated rings. The van der Waals surface area contributed by atoms with Crippen LogP contribution in [0.15, 0.2) is 64.0 Å². The molecule has 0 bridgehead atoms. The third kappa shape index (κ3) is 7.61. The standard InChI is InChI=1S/C31H38BrN3O5/c1-19-24(32)18-35(17-21-10-14-23(39-7)15-11-21)28(37)26(19)34-27(36)25(33)16-20-8-12-22(13-9-20)31(5,6)29(38)40-30(2,3)4/h8-15,18,25H,16-17,33H2,1-7H3,(H,34,36)/t25-/m0/s1. The summed E-state index contributed by atoms with van der Waals surface area (Å²) in [6.45, 7) is 11.2. The number of aromatic nitrogens is 1. The number of benzene rings is 2. The fourth-order valence-corrected chi connectivity index (χ4v) is 4.50. The molecule has 1 atom stereocenters. The Balaban J connectivity index is 1.72. The lowest BCUT2D eigenvalue weighted by Gasteiger charge is -2.29. The molecule has 1 amide bonds. The number of amides is 1. The molecule has 0 radical (unpaired) electrons. The number of nitrogens with two attached hydrogens (primary N) is 1. The fourth-order valence-electron chi connectivity index (χ4n) is 4.05. The van der Waals surface area contributed by atoms with Crippen molar-refractivity contribution < 1.29 is 19.1 Å². The number of hydrogen-bond acceptors (Lipinski definition) is 6. The lowest BCUT2D eigenvalue weighted by molar-refractivity contribution is -0.160. The maximum Gasteiger partial charge on any atom is 0.316 e. The number of hydrogen-bond donors (Lipinski definition) is 2. The number of carbonyl (C=O) groups excluding carboxylic acids is 2. The molecule has 0 saturated heterocycles. The van der Waals surface area contributed by atoms with Crippen LogP contribution in [0.4, 0.5) is 5.69 Å². The van der Waals surface area contributed by atoms with Gasteiger partial charge in [-0.05, 0) is 98.3 Å². The van der Waals surface area contributed by atoms with E-state index in [2.05, 4.69) is 21.2 Å². The molecule has 2 aromatic carbocycles. The summed E-state index contributed by atoms with van der Waals surface area (Å²) in [5.41, 5.74) is 7.83. The molecular weight excluding hydrogens is 574 g/mol. The summed E-state index contributed by atoms with van der Waals surface area (Å²) < 4.78 is 13.0. The summed E-state index contributed by atoms with van der Waals surface area (Å²) in [4.78, 5) is 39.0. The number of nitrogens with one attached hydrogen (secondary N) is 1. The summed E-state index contributed by atoms with van der Waals surface area (Å²) in [7, 11) is 1.60. The number of rotatable bonds is 9. The number of ether oxygens (including phenoxy) is 2. The highest BCUT2D eigenvalue weighted by Gasteiger charge is 2.34. The maximum atomic E-state index is 13.3. The normalized spacial score (nSPS) is 12.5. The summed E-state index contributed by atoms with van der Waals surface area (Å²) in [5, 5.41) is 2.75. The Kier molecular flexibility index (Phi) is 9.64. The summed E-state index contributed by atoms with van der Waals surface area (Å²) >= 11 is 3.50. The van der Waals surface area contributed by atoms with Crippen molar-refractivity contribution in [2.75, 3.05) is 12.4 Å². The molecule has 1 heterocycles. The highest BCUT2D eigenvalue weighted by Crippen LogP contribution is 2.28. The Morgan fingerprint density at radius 2 is 1.57 bits per heavy atom. The lowest BCUT2D eigenvalue weighted by Crippen LogP contribution is -2.39. The van der Waals surface area contributed by atoms with E-state index >= 15 is 0 Å². The van der Waals surface area contributed by atoms with Crippen LogP contribution in [0.2, 0.25) is 0 Å². The van der Waals surface area contributed by atoms with Crippen molar-refractivity contribution in [3.63, 3.8) is 0 Å². The van der Waals surface area contributed by atoms with Crippen molar-refractivity contribution in [1.29, 1.82) is 0 Å². The van der Waals surface area contributed by atoms with Gasteiger partial charge in [0.05, 0.1) is 25.1 Å². The summed E-state index contributed by atoms with van der Waals surface area (Å²) in [6.07, 6.45) is 1.96. The first-order valence-electron chi connectivity index (χ1n) is 13.0. The van der Waals surface area contributed by atoms with Crippen molar-refractivity contribution in [2.24, 2.45) is 5.73 Å². The number of esters is 1. The highest BCUT2D eigenvalue weighted by atomic mass is 79.9. The molecule has 40 heavy (non-hydrogen) atoms. The van der Waals surface area contributed by atoms with Crippen LogP contribution < -0.4 is 21.3 Å². The van der Waals surface area contributed by atoms with Gasteiger partial charge >= 0.3 is 5.97 Å². The topological polar surface area (TPSA) is 113 Å². The Bertz CT molecular complexity index is 1420. The number of anilines is 1. The van der Waals surface area contributed by atoms with Crippen molar-refractivity contribution in [3.8, 4) is 5.75 Å². The predicted octanol–water partition coefficient (Wildman–Crippen LogP) is 5.10. The second kappa shape index (κ2) is 12.4. The SMILES string of the molecule is COc1ccc(Cn2cc(Br)c(C)c(NC(=O)[C@@H](N)Cc3ccc(C(C)(C)C(=O)OC(C)(C)C)cc3)c2=O)cc1. The van der Waals surface area contributed by atoms with E-state index in [-0.39, 0.29) is 23.6 Å². The molecule has 3 N–H and O–H groups in total. The number of nitrogens with zero attached hydrogens (tertiary/aromatic N) is 1. The van der Waals surface area contributed by atoms with Crippen LogP contribution in [0.1, 0.15) is 56.9 Å². The second-order valence-corrected chi connectivity index (χ2v) is 12.2. The minimum Gasteiger partial charge on any atom is -0.497 e. The first-order chi connectivity index (χ1) is 18.6. The van der Waals surface area contributed by atoms with Gasteiger partial charge in [0.15, 0.2) is 0 Å². The van der Waals surface area contributed by atoms with Crippen LogP contribution in [0.5, 0.6) is 5.75 Å². The van der Waals surface area contributed by atoms with Gasteiger partial charge < -0.3 is 25.1 Å². The van der Waals surface area contributed by atoms with Gasteiger partial charge in [-0.1, -0.05) is 36.4 Å². The Hall–Kier alpha value is -3.43. The first-order valence-corrected chi connectivity index (χ1v) is 13.8. The molecular formula is C31H38BrN3O5. The molecule has 214 valence electrons. The molecule has 3 rings (SSSR count). The fraction of sp³-hybridized carbons (Fsp3) is 0.387. The van der Waals surface area contributed by atoms with Gasteiger partial charge in [0.25, 0.3) is 5.56 Å². The zero-order valence-corrected chi connectivity index (χ0v) is 25.7. The van der Waals surface area contributed by atoms with Crippen LogP contribution in [-0.4, -0.2) is 35.2 Å². The van der Waals surface area contributed by atoms with E-state index in [4.69, 9.17) is 15.2 Å². The van der Waals surface area contributed by atoms with Crippen molar-refractivity contribution >= 4 is 33.5 Å². The largest absolute Gasteiger partial charge is 0.497 e. The number of carbonyl (C=O) groups is 2. The number of methoxy groups -OCH3 is 1. The van der Waals surface area contributed by atoms with Gasteiger partial charge in [-0.15, -0.1) is 0 Å². The van der Waals surface area contributed by atoms with E-state index in [1.807, 2.05) is 83.1 Å². The van der Waals surface area contributed by atoms with E-state index in [1.165, 1.54) is 4.57 Å². The highest BCUT2D eigenvalue weighted by molar-refractivity contribution is 9.10. The van der Waals surface area contributed by atoms with Gasteiger partial charge in [0.1, 0.15) is 17.0 Å². The van der Waals surface area contributed by atoms with Gasteiger partial charge in [-0.2, -0.15) is 0 Å². The Labute approximate surface area is 244 Å². The van der Waals surface area contributed by atoms with E-state index in [9.17, 15) is 14.4 Å². The van der Waals surface area contributed by atoms with Crippen LogP contribution in [0, 0.1) is 6.92 Å². The molecule has 3 aromatic rings. The monoisotopic (exact) mass is 611 g/mol. The van der Waals surface area contributed by atoms with Gasteiger partial charge in [-0.25, -0.2) is 0 Å². The quantitative estimate of drug-likeness (QED) is 0.325. The molecule has 1 aromatic heterocycles. The minimum atomic E-state index is -0.891. The maximum absolute atomic E-state index is 13.3. The average Bonchev–Trinajstić information content (AvgIpc) is 2.89. The Morgan fingerprint density at radius 3 is 2.12 bits per heavy atom. The molecule has 8 nitrogen and oxygen atoms in total. The van der Waals surface area contributed by atoms with Gasteiger partial charge in [-0.3, -0.25) is 14.4 Å². The first kappa shape index (κ1) is 31.1. The molecule has 0 saturated carbocycles. The molecule has 0 aliphatic rings. The van der Waals surface area contributed by atoms with Crippen LogP contribution in [0.3, 0.4) is 0 Å². The van der Waals surface area contributed by atoms with E-state index in [0.717, 1.165) is 22.4 Å². The predicted molar refractivity (Wildman–Crippen MR) is 161 cm³/mol. The van der Waals surface area contributed by atoms with Crippen molar-refractivity contribution in [3.05, 3.63) is 91.8 Å². The van der Waals surface area contributed by atoms with Crippen LogP contribution in [0.25, 0.3) is 0 Å². The minimum absolute atomic E-state index is 0.179. The third-order valence-corrected chi connectivity index (χ3v) is 7.41. The van der Waals surface area contributed by atoms with Crippen LogP contribution >= 0.6 is 15.9 Å². The van der Waals surface area contributed by atoms with E-state index in [1.54, 1.807) is 20.2 Å². The average molecular weight is 613 g/mol. The smallest absolute Gasteiger partial charge is 0.316 e. The van der Waals surface area contributed by atoms with E-state index in [0.29, 0.717) is 16.6 Å². The molecule has 0 unspecified atom stereocenters. The zero-order valence-electron chi connectivity index (χ0n) is 24.1. The summed E-state index contributed by atoms with van der Waals surface area (Å²) in [5.74, 6) is -0.0529. The number of pyridine rings is 1. The van der Waals surface area contributed by atoms with Gasteiger partial charge in [0, 0.05) is 10.7 Å². The molecule has 0 aliphatic heterocycles. The lowest BCUT2D eigenvalue weighted by atomic mass is 9.84. The summed E-state index contributed by atoms with van der Waals surface area (Å²) in [6, 6.07) is 13.9. The Morgan fingerprint density at radius 1 is 1.00 bits per heavy atom. The zero-order chi connectivity index (χ0) is 29.8. The second-order valence-electron chi connectivity index (χ2n) is 11.4. The third-order valence-electron chi connectivity index (χ3n) is 6.61. The van der Waals surface area contributed by atoms with E-state index < -0.39 is 23.0 Å². The number of halogens is 1. The van der Waals surface area contributed by atoms with Gasteiger partial charge in [0.2, 0.25) is 5.91 Å². The van der Waals surface area contributed by atoms with Crippen molar-refractivity contribution in [2.45, 2.75) is 71.6 Å².